The zero-order valence-corrected chi connectivity index (χ0v) is 11.7. The van der Waals surface area contributed by atoms with E-state index in [9.17, 15) is 4.79 Å². The number of carbonyl (C=O) groups is 1. The van der Waals surface area contributed by atoms with Crippen LogP contribution in [0.3, 0.4) is 0 Å². The van der Waals surface area contributed by atoms with Crippen molar-refractivity contribution < 1.29 is 4.79 Å². The second-order valence-electron chi connectivity index (χ2n) is 3.60. The van der Waals surface area contributed by atoms with Crippen LogP contribution in [0.1, 0.15) is 20.9 Å². The standard InChI is InChI=1S/C11H10BrN3OS/c1-6-3-8(5-9(12)4-6)10(16)13-11-15-14-7(2)17-11/h3-5H,1-2H3,(H,13,15,16). The van der Waals surface area contributed by atoms with E-state index >= 15 is 0 Å². The number of aryl methyl sites for hydroxylation is 2. The molecule has 0 fully saturated rings. The van der Waals surface area contributed by atoms with Crippen molar-refractivity contribution in [1.29, 1.82) is 0 Å². The van der Waals surface area contributed by atoms with Crippen molar-refractivity contribution in [1.82, 2.24) is 10.2 Å². The second-order valence-corrected chi connectivity index (χ2v) is 5.69. The number of nitrogens with one attached hydrogen (secondary N) is 1. The Balaban J connectivity index is 2.19. The summed E-state index contributed by atoms with van der Waals surface area (Å²) in [7, 11) is 0. The molecule has 0 atom stereocenters. The van der Waals surface area contributed by atoms with Crippen molar-refractivity contribution in [2.75, 3.05) is 5.32 Å². The summed E-state index contributed by atoms with van der Waals surface area (Å²) in [6, 6.07) is 5.55. The molecule has 4 nitrogen and oxygen atoms in total. The van der Waals surface area contributed by atoms with Crippen LogP contribution in [0.2, 0.25) is 0 Å². The minimum Gasteiger partial charge on any atom is -0.296 e. The summed E-state index contributed by atoms with van der Waals surface area (Å²) < 4.78 is 0.885. The lowest BCUT2D eigenvalue weighted by molar-refractivity contribution is 0.102. The fourth-order valence-electron chi connectivity index (χ4n) is 1.38. The van der Waals surface area contributed by atoms with Crippen molar-refractivity contribution >= 4 is 38.3 Å². The predicted octanol–water partition coefficient (Wildman–Crippen LogP) is 3.17. The van der Waals surface area contributed by atoms with Gasteiger partial charge in [-0.1, -0.05) is 27.3 Å². The fourth-order valence-corrected chi connectivity index (χ4v) is 2.58. The summed E-state index contributed by atoms with van der Waals surface area (Å²) in [5.74, 6) is -0.175. The Morgan fingerprint density at radius 3 is 2.65 bits per heavy atom. The molecule has 6 heteroatoms. The molecule has 2 rings (SSSR count). The third-order valence-electron chi connectivity index (χ3n) is 2.05. The fraction of sp³-hybridized carbons (Fsp3) is 0.182. The second kappa shape index (κ2) is 4.93. The van der Waals surface area contributed by atoms with E-state index in [1.807, 2.05) is 26.0 Å². The summed E-state index contributed by atoms with van der Waals surface area (Å²) in [5, 5.41) is 11.8. The molecule has 88 valence electrons. The summed E-state index contributed by atoms with van der Waals surface area (Å²) in [6.07, 6.45) is 0. The van der Waals surface area contributed by atoms with Gasteiger partial charge in [0, 0.05) is 10.0 Å². The predicted molar refractivity (Wildman–Crippen MR) is 71.5 cm³/mol. The Bertz CT molecular complexity index is 547. The van der Waals surface area contributed by atoms with Crippen LogP contribution >= 0.6 is 27.3 Å². The quantitative estimate of drug-likeness (QED) is 0.926. The molecule has 0 radical (unpaired) electrons. The highest BCUT2D eigenvalue weighted by Gasteiger charge is 2.09. The first-order valence-corrected chi connectivity index (χ1v) is 6.54. The molecular weight excluding hydrogens is 302 g/mol. The number of halogens is 1. The first kappa shape index (κ1) is 12.2. The number of hydrogen-bond acceptors (Lipinski definition) is 4. The normalized spacial score (nSPS) is 10.3. The van der Waals surface area contributed by atoms with Crippen molar-refractivity contribution in [2.24, 2.45) is 0 Å². The molecule has 0 saturated heterocycles. The molecule has 17 heavy (non-hydrogen) atoms. The van der Waals surface area contributed by atoms with E-state index < -0.39 is 0 Å². The van der Waals surface area contributed by atoms with Gasteiger partial charge in [-0.25, -0.2) is 0 Å². The van der Waals surface area contributed by atoms with E-state index in [1.165, 1.54) is 11.3 Å². The molecule has 0 aliphatic heterocycles. The number of nitrogens with zero attached hydrogens (tertiary/aromatic N) is 2. The van der Waals surface area contributed by atoms with E-state index in [2.05, 4.69) is 31.4 Å². The van der Waals surface area contributed by atoms with Crippen LogP contribution in [-0.2, 0) is 0 Å². The van der Waals surface area contributed by atoms with Crippen LogP contribution < -0.4 is 5.32 Å². The zero-order chi connectivity index (χ0) is 12.4. The van der Waals surface area contributed by atoms with Crippen LogP contribution in [0.4, 0.5) is 5.13 Å². The van der Waals surface area contributed by atoms with Gasteiger partial charge in [0.25, 0.3) is 5.91 Å². The molecule has 0 unspecified atom stereocenters. The molecule has 2 aromatic rings. The number of rotatable bonds is 2. The summed E-state index contributed by atoms with van der Waals surface area (Å²) >= 11 is 4.72. The minimum atomic E-state index is -0.175. The van der Waals surface area contributed by atoms with Gasteiger partial charge in [0.05, 0.1) is 0 Å². The van der Waals surface area contributed by atoms with Crippen LogP contribution in [0, 0.1) is 13.8 Å². The largest absolute Gasteiger partial charge is 0.296 e. The molecular formula is C11H10BrN3OS. The Kier molecular flexibility index (Phi) is 3.54. The van der Waals surface area contributed by atoms with E-state index in [1.54, 1.807) is 6.07 Å². The number of hydrogen-bond donors (Lipinski definition) is 1. The number of amides is 1. The van der Waals surface area contributed by atoms with Crippen molar-refractivity contribution in [2.45, 2.75) is 13.8 Å². The van der Waals surface area contributed by atoms with Gasteiger partial charge < -0.3 is 0 Å². The number of aromatic nitrogens is 2. The number of carbonyl (C=O) groups excluding carboxylic acids is 1. The van der Waals surface area contributed by atoms with Gasteiger partial charge in [0.2, 0.25) is 5.13 Å². The lowest BCUT2D eigenvalue weighted by atomic mass is 10.1. The maximum atomic E-state index is 11.9. The van der Waals surface area contributed by atoms with Gasteiger partial charge in [-0.15, -0.1) is 10.2 Å². The van der Waals surface area contributed by atoms with Gasteiger partial charge >= 0.3 is 0 Å². The van der Waals surface area contributed by atoms with Gasteiger partial charge in [-0.05, 0) is 37.6 Å². The molecule has 1 aromatic carbocycles. The topological polar surface area (TPSA) is 54.9 Å². The Morgan fingerprint density at radius 1 is 1.29 bits per heavy atom. The molecule has 0 bridgehead atoms. The molecule has 1 N–H and O–H groups in total. The van der Waals surface area contributed by atoms with E-state index in [0.717, 1.165) is 15.0 Å². The Morgan fingerprint density at radius 2 is 2.06 bits per heavy atom. The van der Waals surface area contributed by atoms with Gasteiger partial charge in [-0.3, -0.25) is 10.1 Å². The van der Waals surface area contributed by atoms with Crippen molar-refractivity contribution in [3.05, 3.63) is 38.8 Å². The van der Waals surface area contributed by atoms with Gasteiger partial charge in [0.15, 0.2) is 0 Å². The van der Waals surface area contributed by atoms with Gasteiger partial charge in [0.1, 0.15) is 5.01 Å². The van der Waals surface area contributed by atoms with Crippen LogP contribution in [0.25, 0.3) is 0 Å². The highest BCUT2D eigenvalue weighted by molar-refractivity contribution is 9.10. The molecule has 1 aromatic heterocycles. The van der Waals surface area contributed by atoms with Crippen LogP contribution in [-0.4, -0.2) is 16.1 Å². The third kappa shape index (κ3) is 3.10. The first-order valence-electron chi connectivity index (χ1n) is 4.93. The third-order valence-corrected chi connectivity index (χ3v) is 3.26. The molecule has 1 heterocycles. The SMILES string of the molecule is Cc1cc(Br)cc(C(=O)Nc2nnc(C)s2)c1. The van der Waals surface area contributed by atoms with Crippen LogP contribution in [0.15, 0.2) is 22.7 Å². The maximum absolute atomic E-state index is 11.9. The molecule has 1 amide bonds. The van der Waals surface area contributed by atoms with E-state index in [0.29, 0.717) is 10.7 Å². The summed E-state index contributed by atoms with van der Waals surface area (Å²) in [6.45, 7) is 3.78. The Hall–Kier alpha value is -1.27. The first-order chi connectivity index (χ1) is 8.04. The average molecular weight is 312 g/mol. The smallest absolute Gasteiger partial charge is 0.257 e. The monoisotopic (exact) mass is 311 g/mol. The summed E-state index contributed by atoms with van der Waals surface area (Å²) in [5.41, 5.74) is 1.63. The van der Waals surface area contributed by atoms with Crippen LogP contribution in [0.5, 0.6) is 0 Å². The molecule has 0 aliphatic carbocycles. The minimum absolute atomic E-state index is 0.175. The molecule has 0 aliphatic rings. The highest BCUT2D eigenvalue weighted by atomic mass is 79.9. The van der Waals surface area contributed by atoms with E-state index in [4.69, 9.17) is 0 Å². The van der Waals surface area contributed by atoms with Gasteiger partial charge in [-0.2, -0.15) is 0 Å². The summed E-state index contributed by atoms with van der Waals surface area (Å²) in [4.78, 5) is 11.9. The molecule has 0 saturated carbocycles. The Labute approximate surface area is 111 Å². The zero-order valence-electron chi connectivity index (χ0n) is 9.32. The van der Waals surface area contributed by atoms with Crippen molar-refractivity contribution in [3.63, 3.8) is 0 Å². The number of anilines is 1. The average Bonchev–Trinajstić information content (AvgIpc) is 2.62. The highest BCUT2D eigenvalue weighted by Crippen LogP contribution is 2.18. The lowest BCUT2D eigenvalue weighted by Crippen LogP contribution is -2.11. The van der Waals surface area contributed by atoms with Crippen molar-refractivity contribution in [3.8, 4) is 0 Å². The lowest BCUT2D eigenvalue weighted by Gasteiger charge is -2.03. The molecule has 0 spiro atoms. The van der Waals surface area contributed by atoms with E-state index in [-0.39, 0.29) is 5.91 Å². The number of benzene rings is 1. The maximum Gasteiger partial charge on any atom is 0.257 e.